The third-order valence-electron chi connectivity index (χ3n) is 2.77. The zero-order valence-corrected chi connectivity index (χ0v) is 11.7. The summed E-state index contributed by atoms with van der Waals surface area (Å²) in [6.45, 7) is 5.10. The van der Waals surface area contributed by atoms with Crippen LogP contribution in [0.25, 0.3) is 0 Å². The number of rotatable bonds is 6. The molecule has 0 fully saturated rings. The first-order valence-corrected chi connectivity index (χ1v) is 6.54. The van der Waals surface area contributed by atoms with Gasteiger partial charge in [0.2, 0.25) is 0 Å². The van der Waals surface area contributed by atoms with E-state index in [2.05, 4.69) is 59.1 Å². The van der Waals surface area contributed by atoms with Gasteiger partial charge in [-0.25, -0.2) is 0 Å². The van der Waals surface area contributed by atoms with Gasteiger partial charge in [-0.3, -0.25) is 0 Å². The molecule has 0 saturated carbocycles. The minimum Gasteiger partial charge on any atom is -0.330 e. The standard InChI is InChI=1S/C13H21BrN2/c1-11(9-15)7-8-16(2)10-12-3-5-13(14)6-4-12/h3-6,11H,7-10,15H2,1-2H3. The van der Waals surface area contributed by atoms with Crippen molar-refractivity contribution in [3.05, 3.63) is 34.3 Å². The molecule has 1 unspecified atom stereocenters. The Kier molecular flexibility index (Phi) is 6.03. The summed E-state index contributed by atoms with van der Waals surface area (Å²) in [5.41, 5.74) is 6.96. The summed E-state index contributed by atoms with van der Waals surface area (Å²) < 4.78 is 1.13. The monoisotopic (exact) mass is 284 g/mol. The Morgan fingerprint density at radius 2 is 1.94 bits per heavy atom. The van der Waals surface area contributed by atoms with Crippen LogP contribution in [-0.2, 0) is 6.54 Å². The molecule has 0 aliphatic carbocycles. The summed E-state index contributed by atoms with van der Waals surface area (Å²) >= 11 is 3.44. The molecule has 0 spiro atoms. The summed E-state index contributed by atoms with van der Waals surface area (Å²) in [6, 6.07) is 8.50. The lowest BCUT2D eigenvalue weighted by Crippen LogP contribution is -2.23. The Hall–Kier alpha value is -0.380. The number of nitrogens with zero attached hydrogens (tertiary/aromatic N) is 1. The predicted octanol–water partition coefficient (Wildman–Crippen LogP) is 2.87. The van der Waals surface area contributed by atoms with Crippen molar-refractivity contribution in [2.45, 2.75) is 19.9 Å². The van der Waals surface area contributed by atoms with Gasteiger partial charge in [-0.1, -0.05) is 35.0 Å². The van der Waals surface area contributed by atoms with E-state index in [1.807, 2.05) is 0 Å². The second kappa shape index (κ2) is 7.05. The van der Waals surface area contributed by atoms with Crippen molar-refractivity contribution in [2.75, 3.05) is 20.1 Å². The van der Waals surface area contributed by atoms with Crippen molar-refractivity contribution in [1.82, 2.24) is 4.90 Å². The average molecular weight is 285 g/mol. The second-order valence-corrected chi connectivity index (χ2v) is 5.41. The Labute approximate surface area is 107 Å². The van der Waals surface area contributed by atoms with E-state index >= 15 is 0 Å². The Balaban J connectivity index is 2.33. The summed E-state index contributed by atoms with van der Waals surface area (Å²) in [5, 5.41) is 0. The lowest BCUT2D eigenvalue weighted by Gasteiger charge is -2.18. The Bertz CT molecular complexity index is 297. The van der Waals surface area contributed by atoms with E-state index < -0.39 is 0 Å². The van der Waals surface area contributed by atoms with Crippen LogP contribution in [0.1, 0.15) is 18.9 Å². The average Bonchev–Trinajstić information content (AvgIpc) is 2.29. The smallest absolute Gasteiger partial charge is 0.0230 e. The first-order chi connectivity index (χ1) is 7.61. The zero-order chi connectivity index (χ0) is 12.0. The van der Waals surface area contributed by atoms with Crippen LogP contribution in [-0.4, -0.2) is 25.0 Å². The molecule has 1 atom stereocenters. The van der Waals surface area contributed by atoms with Crippen molar-refractivity contribution in [3.8, 4) is 0 Å². The molecule has 1 rings (SSSR count). The van der Waals surface area contributed by atoms with Crippen LogP contribution in [0.5, 0.6) is 0 Å². The molecular formula is C13H21BrN2. The maximum absolute atomic E-state index is 5.60. The van der Waals surface area contributed by atoms with Gasteiger partial charge in [0, 0.05) is 11.0 Å². The van der Waals surface area contributed by atoms with Gasteiger partial charge in [-0.05, 0) is 50.2 Å². The van der Waals surface area contributed by atoms with Crippen LogP contribution in [0, 0.1) is 5.92 Å². The number of hydrogen-bond acceptors (Lipinski definition) is 2. The minimum absolute atomic E-state index is 0.618. The molecule has 2 N–H and O–H groups in total. The molecule has 2 nitrogen and oxygen atoms in total. The summed E-state index contributed by atoms with van der Waals surface area (Å²) in [7, 11) is 2.16. The van der Waals surface area contributed by atoms with Gasteiger partial charge in [0.25, 0.3) is 0 Å². The molecule has 90 valence electrons. The number of benzene rings is 1. The topological polar surface area (TPSA) is 29.3 Å². The molecule has 1 aromatic rings. The molecule has 1 aromatic carbocycles. The molecule has 0 aliphatic heterocycles. The van der Waals surface area contributed by atoms with Gasteiger partial charge in [0.15, 0.2) is 0 Å². The van der Waals surface area contributed by atoms with Crippen LogP contribution in [0.2, 0.25) is 0 Å². The fraction of sp³-hybridized carbons (Fsp3) is 0.538. The van der Waals surface area contributed by atoms with Gasteiger partial charge in [0.1, 0.15) is 0 Å². The van der Waals surface area contributed by atoms with Crippen molar-refractivity contribution in [2.24, 2.45) is 11.7 Å². The number of halogens is 1. The van der Waals surface area contributed by atoms with E-state index in [0.717, 1.165) is 24.1 Å². The highest BCUT2D eigenvalue weighted by Crippen LogP contribution is 2.12. The van der Waals surface area contributed by atoms with Crippen LogP contribution >= 0.6 is 15.9 Å². The lowest BCUT2D eigenvalue weighted by atomic mass is 10.1. The molecule has 0 aromatic heterocycles. The van der Waals surface area contributed by atoms with E-state index in [1.165, 1.54) is 12.0 Å². The second-order valence-electron chi connectivity index (χ2n) is 4.49. The van der Waals surface area contributed by atoms with Crippen LogP contribution in [0.4, 0.5) is 0 Å². The minimum atomic E-state index is 0.618. The van der Waals surface area contributed by atoms with Crippen molar-refractivity contribution in [1.29, 1.82) is 0 Å². The molecule has 0 saturated heterocycles. The molecular weight excluding hydrogens is 264 g/mol. The van der Waals surface area contributed by atoms with Gasteiger partial charge in [-0.2, -0.15) is 0 Å². The maximum Gasteiger partial charge on any atom is 0.0230 e. The van der Waals surface area contributed by atoms with Gasteiger partial charge in [0.05, 0.1) is 0 Å². The van der Waals surface area contributed by atoms with Gasteiger partial charge in [-0.15, -0.1) is 0 Å². The normalized spacial score (nSPS) is 13.1. The van der Waals surface area contributed by atoms with E-state index in [0.29, 0.717) is 5.92 Å². The quantitative estimate of drug-likeness (QED) is 0.871. The predicted molar refractivity (Wildman–Crippen MR) is 73.3 cm³/mol. The SMILES string of the molecule is CC(CN)CCN(C)Cc1ccc(Br)cc1. The Morgan fingerprint density at radius 1 is 1.31 bits per heavy atom. The third kappa shape index (κ3) is 5.10. The molecule has 16 heavy (non-hydrogen) atoms. The van der Waals surface area contributed by atoms with Crippen molar-refractivity contribution >= 4 is 15.9 Å². The first kappa shape index (κ1) is 13.7. The van der Waals surface area contributed by atoms with Crippen molar-refractivity contribution < 1.29 is 0 Å². The molecule has 0 radical (unpaired) electrons. The van der Waals surface area contributed by atoms with Crippen LogP contribution in [0.3, 0.4) is 0 Å². The number of nitrogens with two attached hydrogens (primary N) is 1. The van der Waals surface area contributed by atoms with Crippen LogP contribution in [0.15, 0.2) is 28.7 Å². The number of hydrogen-bond donors (Lipinski definition) is 1. The highest BCUT2D eigenvalue weighted by atomic mass is 79.9. The van der Waals surface area contributed by atoms with Crippen LogP contribution < -0.4 is 5.73 Å². The van der Waals surface area contributed by atoms with E-state index in [9.17, 15) is 0 Å². The van der Waals surface area contributed by atoms with E-state index in [4.69, 9.17) is 5.73 Å². The van der Waals surface area contributed by atoms with E-state index in [1.54, 1.807) is 0 Å². The largest absolute Gasteiger partial charge is 0.330 e. The highest BCUT2D eigenvalue weighted by Gasteiger charge is 2.03. The summed E-state index contributed by atoms with van der Waals surface area (Å²) in [6.07, 6.45) is 1.17. The molecule has 0 amide bonds. The zero-order valence-electron chi connectivity index (χ0n) is 10.1. The van der Waals surface area contributed by atoms with Crippen molar-refractivity contribution in [3.63, 3.8) is 0 Å². The van der Waals surface area contributed by atoms with Gasteiger partial charge >= 0.3 is 0 Å². The highest BCUT2D eigenvalue weighted by molar-refractivity contribution is 9.10. The van der Waals surface area contributed by atoms with E-state index in [-0.39, 0.29) is 0 Å². The first-order valence-electron chi connectivity index (χ1n) is 5.75. The molecule has 0 bridgehead atoms. The fourth-order valence-electron chi connectivity index (χ4n) is 1.54. The molecule has 0 heterocycles. The lowest BCUT2D eigenvalue weighted by molar-refractivity contribution is 0.300. The third-order valence-corrected chi connectivity index (χ3v) is 3.30. The summed E-state index contributed by atoms with van der Waals surface area (Å²) in [5.74, 6) is 0.618. The van der Waals surface area contributed by atoms with Gasteiger partial charge < -0.3 is 10.6 Å². The summed E-state index contributed by atoms with van der Waals surface area (Å²) in [4.78, 5) is 2.34. The molecule has 3 heteroatoms. The molecule has 0 aliphatic rings. The Morgan fingerprint density at radius 3 is 2.50 bits per heavy atom. The fourth-order valence-corrected chi connectivity index (χ4v) is 1.80. The maximum atomic E-state index is 5.60.